The Labute approximate surface area is 176 Å². The fourth-order valence-electron chi connectivity index (χ4n) is 4.50. The molecule has 5 rings (SSSR count). The molecule has 7 heteroatoms. The standard InChI is InChI=1S/C24H21F2N3O2/c25-17-10-16-19(11-18(17)26)27-12-20(16)29-22-21(23(30)24(22)31)28-15-8-6-14(7-9-15)13-4-2-1-3-5-13/h1-5,10-12,14-15,27-29H,6-9H2. The van der Waals surface area contributed by atoms with Crippen molar-refractivity contribution in [2.24, 2.45) is 0 Å². The molecule has 1 aliphatic rings. The van der Waals surface area contributed by atoms with Gasteiger partial charge in [0, 0.05) is 23.7 Å². The molecular formula is C24H21F2N3O2. The number of aromatic nitrogens is 1. The SMILES string of the molecule is O=c1c(Nc2c[nH]c3cc(F)c(F)cc23)c(NC2CCC(c3ccccc3)CC2)c1=O. The van der Waals surface area contributed by atoms with Crippen LogP contribution in [0.2, 0.25) is 0 Å². The molecule has 1 heterocycles. The van der Waals surface area contributed by atoms with Gasteiger partial charge in [0.25, 0.3) is 10.9 Å². The Hall–Kier alpha value is -3.48. The Balaban J connectivity index is 1.31. The van der Waals surface area contributed by atoms with Gasteiger partial charge in [-0.2, -0.15) is 0 Å². The maximum atomic E-state index is 13.7. The second kappa shape index (κ2) is 7.65. The molecule has 0 saturated heterocycles. The lowest BCUT2D eigenvalue weighted by Gasteiger charge is -2.30. The van der Waals surface area contributed by atoms with Crippen LogP contribution in [-0.4, -0.2) is 11.0 Å². The number of H-pyrrole nitrogens is 1. The third kappa shape index (κ3) is 3.50. The molecule has 1 aliphatic carbocycles. The van der Waals surface area contributed by atoms with Crippen molar-refractivity contribution >= 4 is 28.0 Å². The van der Waals surface area contributed by atoms with Crippen molar-refractivity contribution in [2.75, 3.05) is 10.6 Å². The molecule has 0 unspecified atom stereocenters. The average molecular weight is 421 g/mol. The summed E-state index contributed by atoms with van der Waals surface area (Å²) in [6.45, 7) is 0. The fourth-order valence-corrected chi connectivity index (χ4v) is 4.50. The zero-order valence-corrected chi connectivity index (χ0v) is 16.7. The molecule has 0 spiro atoms. The Morgan fingerprint density at radius 1 is 0.871 bits per heavy atom. The van der Waals surface area contributed by atoms with Gasteiger partial charge in [-0.05, 0) is 43.2 Å². The van der Waals surface area contributed by atoms with Crippen molar-refractivity contribution in [1.82, 2.24) is 4.98 Å². The number of rotatable bonds is 5. The number of anilines is 3. The van der Waals surface area contributed by atoms with Gasteiger partial charge in [0.15, 0.2) is 11.6 Å². The number of fused-ring (bicyclic) bond motifs is 1. The minimum absolute atomic E-state index is 0.110. The first-order chi connectivity index (χ1) is 15.0. The Morgan fingerprint density at radius 2 is 1.55 bits per heavy atom. The first kappa shape index (κ1) is 19.5. The summed E-state index contributed by atoms with van der Waals surface area (Å²) < 4.78 is 27.1. The third-order valence-corrected chi connectivity index (χ3v) is 6.24. The van der Waals surface area contributed by atoms with E-state index in [1.807, 2.05) is 18.2 Å². The van der Waals surface area contributed by atoms with Gasteiger partial charge < -0.3 is 15.6 Å². The van der Waals surface area contributed by atoms with E-state index < -0.39 is 22.5 Å². The largest absolute Gasteiger partial charge is 0.377 e. The fraction of sp³-hybridized carbons (Fsp3) is 0.250. The van der Waals surface area contributed by atoms with E-state index in [0.717, 1.165) is 37.8 Å². The van der Waals surface area contributed by atoms with E-state index in [-0.39, 0.29) is 17.4 Å². The first-order valence-electron chi connectivity index (χ1n) is 10.4. The minimum Gasteiger partial charge on any atom is -0.377 e. The summed E-state index contributed by atoms with van der Waals surface area (Å²) in [6.07, 6.45) is 5.33. The molecule has 158 valence electrons. The summed E-state index contributed by atoms with van der Waals surface area (Å²) in [4.78, 5) is 27.2. The van der Waals surface area contributed by atoms with Crippen LogP contribution in [0.3, 0.4) is 0 Å². The van der Waals surface area contributed by atoms with Crippen LogP contribution < -0.4 is 21.5 Å². The third-order valence-electron chi connectivity index (χ3n) is 6.24. The van der Waals surface area contributed by atoms with Crippen LogP contribution >= 0.6 is 0 Å². The molecule has 31 heavy (non-hydrogen) atoms. The quantitative estimate of drug-likeness (QED) is 0.400. The lowest BCUT2D eigenvalue weighted by Crippen LogP contribution is -2.39. The van der Waals surface area contributed by atoms with Gasteiger partial charge in [0.05, 0.1) is 11.2 Å². The molecule has 0 amide bonds. The molecule has 3 N–H and O–H groups in total. The second-order valence-corrected chi connectivity index (χ2v) is 8.15. The molecule has 3 aromatic carbocycles. The molecular weight excluding hydrogens is 400 g/mol. The van der Waals surface area contributed by atoms with Crippen LogP contribution in [0.25, 0.3) is 10.9 Å². The predicted octanol–water partition coefficient (Wildman–Crippen LogP) is 4.92. The van der Waals surface area contributed by atoms with E-state index >= 15 is 0 Å². The van der Waals surface area contributed by atoms with Crippen LogP contribution in [0.4, 0.5) is 25.8 Å². The summed E-state index contributed by atoms with van der Waals surface area (Å²) in [7, 11) is 0. The highest BCUT2D eigenvalue weighted by molar-refractivity contribution is 5.96. The van der Waals surface area contributed by atoms with Crippen molar-refractivity contribution in [1.29, 1.82) is 0 Å². The molecule has 0 aliphatic heterocycles. The van der Waals surface area contributed by atoms with E-state index in [2.05, 4.69) is 27.8 Å². The number of halogens is 2. The summed E-state index contributed by atoms with van der Waals surface area (Å²) in [5.41, 5.74) is 1.42. The highest BCUT2D eigenvalue weighted by Gasteiger charge is 2.27. The number of benzene rings is 2. The maximum Gasteiger partial charge on any atom is 0.253 e. The summed E-state index contributed by atoms with van der Waals surface area (Å²) >= 11 is 0. The van der Waals surface area contributed by atoms with Gasteiger partial charge in [0.1, 0.15) is 11.4 Å². The zero-order valence-electron chi connectivity index (χ0n) is 16.7. The monoisotopic (exact) mass is 421 g/mol. The lowest BCUT2D eigenvalue weighted by molar-refractivity contribution is 0.412. The highest BCUT2D eigenvalue weighted by atomic mass is 19.2. The van der Waals surface area contributed by atoms with Gasteiger partial charge in [-0.25, -0.2) is 8.78 Å². The van der Waals surface area contributed by atoms with E-state index in [1.54, 1.807) is 0 Å². The van der Waals surface area contributed by atoms with Crippen molar-refractivity contribution < 1.29 is 8.78 Å². The van der Waals surface area contributed by atoms with Crippen LogP contribution in [0.15, 0.2) is 58.3 Å². The summed E-state index contributed by atoms with van der Waals surface area (Å²) in [6, 6.07) is 12.6. The van der Waals surface area contributed by atoms with Crippen LogP contribution in [0.1, 0.15) is 37.2 Å². The van der Waals surface area contributed by atoms with Crippen LogP contribution in [0, 0.1) is 11.6 Å². The lowest BCUT2D eigenvalue weighted by atomic mass is 9.81. The van der Waals surface area contributed by atoms with Gasteiger partial charge in [-0.1, -0.05) is 30.3 Å². The average Bonchev–Trinajstić information content (AvgIpc) is 3.18. The molecule has 1 fully saturated rings. The van der Waals surface area contributed by atoms with Gasteiger partial charge >= 0.3 is 0 Å². The van der Waals surface area contributed by atoms with Crippen molar-refractivity contribution in [3.8, 4) is 0 Å². The smallest absolute Gasteiger partial charge is 0.253 e. The van der Waals surface area contributed by atoms with Gasteiger partial charge in [-0.15, -0.1) is 0 Å². The number of hydrogen-bond donors (Lipinski definition) is 3. The maximum absolute atomic E-state index is 13.7. The van der Waals surface area contributed by atoms with Crippen molar-refractivity contribution in [3.63, 3.8) is 0 Å². The predicted molar refractivity (Wildman–Crippen MR) is 118 cm³/mol. The van der Waals surface area contributed by atoms with Crippen LogP contribution in [-0.2, 0) is 0 Å². The van der Waals surface area contributed by atoms with Gasteiger partial charge in [0.2, 0.25) is 0 Å². The Bertz CT molecular complexity index is 1310. The molecule has 5 nitrogen and oxygen atoms in total. The molecule has 0 bridgehead atoms. The van der Waals surface area contributed by atoms with Crippen LogP contribution in [0.5, 0.6) is 0 Å². The van der Waals surface area contributed by atoms with Crippen molar-refractivity contribution in [2.45, 2.75) is 37.6 Å². The topological polar surface area (TPSA) is 74.0 Å². The molecule has 1 saturated carbocycles. The van der Waals surface area contributed by atoms with Gasteiger partial charge in [-0.3, -0.25) is 9.59 Å². The zero-order chi connectivity index (χ0) is 21.5. The second-order valence-electron chi connectivity index (χ2n) is 8.15. The highest BCUT2D eigenvalue weighted by Crippen LogP contribution is 2.35. The van der Waals surface area contributed by atoms with E-state index in [4.69, 9.17) is 0 Å². The number of nitrogens with one attached hydrogen (secondary N) is 3. The van der Waals surface area contributed by atoms with E-state index in [9.17, 15) is 18.4 Å². The Morgan fingerprint density at radius 3 is 2.29 bits per heavy atom. The Kier molecular flexibility index (Phi) is 4.81. The number of aromatic amines is 1. The first-order valence-corrected chi connectivity index (χ1v) is 10.4. The normalized spacial score (nSPS) is 19.0. The summed E-state index contributed by atoms with van der Waals surface area (Å²) in [5.74, 6) is -1.43. The molecule has 0 atom stereocenters. The molecule has 0 radical (unpaired) electrons. The molecule has 4 aromatic rings. The van der Waals surface area contributed by atoms with E-state index in [0.29, 0.717) is 22.5 Å². The minimum atomic E-state index is -0.978. The number of hydrogen-bond acceptors (Lipinski definition) is 4. The van der Waals surface area contributed by atoms with E-state index in [1.165, 1.54) is 11.8 Å². The van der Waals surface area contributed by atoms with Crippen molar-refractivity contribution in [3.05, 3.63) is 86.3 Å². The summed E-state index contributed by atoms with van der Waals surface area (Å²) in [5, 5.41) is 6.57. The molecule has 1 aromatic heterocycles.